The Morgan fingerprint density at radius 3 is 2.33 bits per heavy atom. The zero-order chi connectivity index (χ0) is 13.2. The van der Waals surface area contributed by atoms with Gasteiger partial charge in [0.15, 0.2) is 5.69 Å². The highest BCUT2D eigenvalue weighted by Crippen LogP contribution is 2.28. The number of rotatable bonds is 2. The third-order valence-corrected chi connectivity index (χ3v) is 2.32. The van der Waals surface area contributed by atoms with Gasteiger partial charge in [0.1, 0.15) is 10.4 Å². The molecule has 0 atom stereocenters. The largest absolute Gasteiger partial charge is 0.436 e. The molecule has 18 heavy (non-hydrogen) atoms. The third-order valence-electron chi connectivity index (χ3n) is 1.85. The standard InChI is InChI=1S/C10H5BrF3N3O/c11-8-3-1-6(5-15-8)18-9-4-2-7(16-17-9)10(12,13)14/h1-5H. The summed E-state index contributed by atoms with van der Waals surface area (Å²) < 4.78 is 42.5. The average molecular weight is 320 g/mol. The Morgan fingerprint density at radius 2 is 1.83 bits per heavy atom. The van der Waals surface area contributed by atoms with Crippen LogP contribution >= 0.6 is 15.9 Å². The molecule has 0 bridgehead atoms. The molecule has 0 aliphatic carbocycles. The van der Waals surface area contributed by atoms with E-state index in [1.54, 1.807) is 12.1 Å². The van der Waals surface area contributed by atoms with E-state index in [0.29, 0.717) is 10.4 Å². The summed E-state index contributed by atoms with van der Waals surface area (Å²) in [6.07, 6.45) is -3.10. The lowest BCUT2D eigenvalue weighted by molar-refractivity contribution is -0.141. The van der Waals surface area contributed by atoms with E-state index < -0.39 is 11.9 Å². The Labute approximate surface area is 108 Å². The molecule has 2 aromatic heterocycles. The van der Waals surface area contributed by atoms with Crippen molar-refractivity contribution in [3.63, 3.8) is 0 Å². The fourth-order valence-electron chi connectivity index (χ4n) is 1.07. The first-order valence-electron chi connectivity index (χ1n) is 4.65. The second-order valence-electron chi connectivity index (χ2n) is 3.17. The number of ether oxygens (including phenoxy) is 1. The third kappa shape index (κ3) is 3.16. The van der Waals surface area contributed by atoms with Crippen LogP contribution in [-0.4, -0.2) is 15.2 Å². The molecule has 0 aliphatic rings. The van der Waals surface area contributed by atoms with Crippen LogP contribution < -0.4 is 4.74 Å². The fraction of sp³-hybridized carbons (Fsp3) is 0.100. The predicted octanol–water partition coefficient (Wildman–Crippen LogP) is 3.45. The number of hydrogen-bond donors (Lipinski definition) is 0. The first kappa shape index (κ1) is 12.7. The monoisotopic (exact) mass is 319 g/mol. The Balaban J connectivity index is 2.13. The first-order valence-corrected chi connectivity index (χ1v) is 5.45. The molecule has 0 aromatic carbocycles. The minimum atomic E-state index is -4.51. The van der Waals surface area contributed by atoms with Gasteiger partial charge in [-0.2, -0.15) is 13.2 Å². The second kappa shape index (κ2) is 4.89. The van der Waals surface area contributed by atoms with E-state index in [1.165, 1.54) is 6.20 Å². The summed E-state index contributed by atoms with van der Waals surface area (Å²) in [6.45, 7) is 0. The van der Waals surface area contributed by atoms with Crippen molar-refractivity contribution >= 4 is 15.9 Å². The molecule has 0 spiro atoms. The molecule has 0 saturated carbocycles. The first-order chi connectivity index (χ1) is 8.45. The van der Waals surface area contributed by atoms with Gasteiger partial charge in [0.2, 0.25) is 5.88 Å². The van der Waals surface area contributed by atoms with E-state index in [-0.39, 0.29) is 5.88 Å². The molecule has 4 nitrogen and oxygen atoms in total. The fourth-order valence-corrected chi connectivity index (χ4v) is 1.30. The van der Waals surface area contributed by atoms with Gasteiger partial charge in [0.25, 0.3) is 0 Å². The lowest BCUT2D eigenvalue weighted by atomic mass is 10.4. The average Bonchev–Trinajstić information content (AvgIpc) is 2.32. The molecule has 0 N–H and O–H groups in total. The summed E-state index contributed by atoms with van der Waals surface area (Å²) in [4.78, 5) is 3.90. The van der Waals surface area contributed by atoms with Crippen LogP contribution in [-0.2, 0) is 6.18 Å². The maximum absolute atomic E-state index is 12.2. The topological polar surface area (TPSA) is 47.9 Å². The van der Waals surface area contributed by atoms with Crippen molar-refractivity contribution < 1.29 is 17.9 Å². The smallest absolute Gasteiger partial charge is 0.435 e. The van der Waals surface area contributed by atoms with E-state index in [4.69, 9.17) is 4.74 Å². The van der Waals surface area contributed by atoms with Crippen LogP contribution in [0.15, 0.2) is 35.1 Å². The molecule has 0 aliphatic heterocycles. The number of nitrogens with zero attached hydrogens (tertiary/aromatic N) is 3. The van der Waals surface area contributed by atoms with Crippen molar-refractivity contribution in [2.45, 2.75) is 6.18 Å². The van der Waals surface area contributed by atoms with Crippen LogP contribution in [0, 0.1) is 0 Å². The molecule has 0 radical (unpaired) electrons. The van der Waals surface area contributed by atoms with E-state index in [0.717, 1.165) is 12.1 Å². The molecular formula is C10H5BrF3N3O. The van der Waals surface area contributed by atoms with Crippen molar-refractivity contribution in [1.29, 1.82) is 0 Å². The Kier molecular flexibility index (Phi) is 3.46. The minimum Gasteiger partial charge on any atom is -0.436 e. The Hall–Kier alpha value is -1.70. The zero-order valence-electron chi connectivity index (χ0n) is 8.65. The molecule has 2 aromatic rings. The number of aromatic nitrogens is 3. The van der Waals surface area contributed by atoms with Gasteiger partial charge in [-0.15, -0.1) is 10.2 Å². The maximum Gasteiger partial charge on any atom is 0.435 e. The van der Waals surface area contributed by atoms with Crippen molar-refractivity contribution in [2.75, 3.05) is 0 Å². The van der Waals surface area contributed by atoms with Crippen LogP contribution in [0.25, 0.3) is 0 Å². The highest BCUT2D eigenvalue weighted by Gasteiger charge is 2.32. The second-order valence-corrected chi connectivity index (χ2v) is 3.99. The summed E-state index contributed by atoms with van der Waals surface area (Å²) in [7, 11) is 0. The van der Waals surface area contributed by atoms with Gasteiger partial charge in [-0.3, -0.25) is 0 Å². The van der Waals surface area contributed by atoms with Crippen molar-refractivity contribution in [3.8, 4) is 11.6 Å². The normalized spacial score (nSPS) is 11.3. The van der Waals surface area contributed by atoms with E-state index >= 15 is 0 Å². The lowest BCUT2D eigenvalue weighted by Crippen LogP contribution is -2.08. The molecule has 0 saturated heterocycles. The predicted molar refractivity (Wildman–Crippen MR) is 59.0 cm³/mol. The van der Waals surface area contributed by atoms with Gasteiger partial charge in [-0.05, 0) is 34.1 Å². The minimum absolute atomic E-state index is 0.0351. The highest BCUT2D eigenvalue weighted by molar-refractivity contribution is 9.10. The van der Waals surface area contributed by atoms with Gasteiger partial charge in [0.05, 0.1) is 6.20 Å². The van der Waals surface area contributed by atoms with E-state index in [1.807, 2.05) is 0 Å². The van der Waals surface area contributed by atoms with Crippen LogP contribution in [0.4, 0.5) is 13.2 Å². The SMILES string of the molecule is FC(F)(F)c1ccc(Oc2ccc(Br)nc2)nn1. The number of hydrogen-bond acceptors (Lipinski definition) is 4. The molecule has 0 fully saturated rings. The summed E-state index contributed by atoms with van der Waals surface area (Å²) in [5.41, 5.74) is -1.07. The van der Waals surface area contributed by atoms with Crippen LogP contribution in [0.1, 0.15) is 5.69 Å². The van der Waals surface area contributed by atoms with Crippen LogP contribution in [0.3, 0.4) is 0 Å². The number of halogens is 4. The molecule has 0 unspecified atom stereocenters. The van der Waals surface area contributed by atoms with Gasteiger partial charge >= 0.3 is 6.18 Å². The van der Waals surface area contributed by atoms with E-state index in [2.05, 4.69) is 31.1 Å². The molecule has 2 rings (SSSR count). The molecule has 2 heterocycles. The number of pyridine rings is 1. The summed E-state index contributed by atoms with van der Waals surface area (Å²) in [5.74, 6) is 0.319. The van der Waals surface area contributed by atoms with Gasteiger partial charge in [-0.25, -0.2) is 4.98 Å². The van der Waals surface area contributed by atoms with Gasteiger partial charge < -0.3 is 4.74 Å². The molecular weight excluding hydrogens is 315 g/mol. The molecule has 0 amide bonds. The lowest BCUT2D eigenvalue weighted by Gasteiger charge is -2.06. The quantitative estimate of drug-likeness (QED) is 0.795. The summed E-state index contributed by atoms with van der Waals surface area (Å²) in [6, 6.07) is 5.12. The Morgan fingerprint density at radius 1 is 1.06 bits per heavy atom. The van der Waals surface area contributed by atoms with Crippen molar-refractivity contribution in [3.05, 3.63) is 40.8 Å². The van der Waals surface area contributed by atoms with Gasteiger partial charge in [0, 0.05) is 6.07 Å². The van der Waals surface area contributed by atoms with Crippen LogP contribution in [0.2, 0.25) is 0 Å². The van der Waals surface area contributed by atoms with Gasteiger partial charge in [-0.1, -0.05) is 0 Å². The van der Waals surface area contributed by atoms with Crippen molar-refractivity contribution in [1.82, 2.24) is 15.2 Å². The van der Waals surface area contributed by atoms with Crippen LogP contribution in [0.5, 0.6) is 11.6 Å². The Bertz CT molecular complexity index is 528. The number of alkyl halides is 3. The maximum atomic E-state index is 12.2. The molecule has 94 valence electrons. The molecule has 8 heteroatoms. The zero-order valence-corrected chi connectivity index (χ0v) is 10.2. The highest BCUT2D eigenvalue weighted by atomic mass is 79.9. The summed E-state index contributed by atoms with van der Waals surface area (Å²) in [5, 5.41) is 6.37. The van der Waals surface area contributed by atoms with E-state index in [9.17, 15) is 13.2 Å². The summed E-state index contributed by atoms with van der Waals surface area (Å²) >= 11 is 3.14. The van der Waals surface area contributed by atoms with Crippen molar-refractivity contribution in [2.24, 2.45) is 0 Å².